The van der Waals surface area contributed by atoms with Crippen LogP contribution in [0, 0.1) is 46.3 Å². The van der Waals surface area contributed by atoms with E-state index in [1.54, 1.807) is 6.08 Å². The summed E-state index contributed by atoms with van der Waals surface area (Å²) in [4.78, 5) is 24.0. The molecule has 11 atom stereocenters. The van der Waals surface area contributed by atoms with Crippen molar-refractivity contribution in [1.29, 1.82) is 0 Å². The maximum Gasteiger partial charge on any atom is 0.472 e. The lowest BCUT2D eigenvalue weighted by Crippen LogP contribution is -2.51. The lowest BCUT2D eigenvalue weighted by atomic mass is 9.47. The Morgan fingerprint density at radius 3 is 2.23 bits per heavy atom. The summed E-state index contributed by atoms with van der Waals surface area (Å²) in [5.74, 6) is 4.66. The van der Waals surface area contributed by atoms with E-state index in [1.165, 1.54) is 108 Å². The van der Waals surface area contributed by atoms with Gasteiger partial charge in [-0.15, -0.1) is 0 Å². The summed E-state index contributed by atoms with van der Waals surface area (Å²) in [6.45, 7) is 14.8. The number of nitrogens with one attached hydrogen (secondary N) is 1. The second-order valence-electron chi connectivity index (χ2n) is 22.2. The average molecular weight is 878 g/mol. The quantitative estimate of drug-likeness (QED) is 0.0310. The van der Waals surface area contributed by atoms with Gasteiger partial charge in [-0.2, -0.15) is 0 Å². The van der Waals surface area contributed by atoms with Crippen molar-refractivity contribution in [2.45, 2.75) is 207 Å². The van der Waals surface area contributed by atoms with Crippen molar-refractivity contribution in [2.24, 2.45) is 46.3 Å². The first-order chi connectivity index (χ1) is 28.9. The van der Waals surface area contributed by atoms with E-state index in [0.29, 0.717) is 22.4 Å². The summed E-state index contributed by atoms with van der Waals surface area (Å²) >= 11 is 0. The van der Waals surface area contributed by atoms with Crippen molar-refractivity contribution in [3.05, 3.63) is 23.8 Å². The van der Waals surface area contributed by atoms with Crippen molar-refractivity contribution in [1.82, 2.24) is 5.32 Å². The Morgan fingerprint density at radius 2 is 1.57 bits per heavy atom. The third kappa shape index (κ3) is 16.3. The molecule has 9 nitrogen and oxygen atoms in total. The Bertz CT molecular complexity index is 1410. The van der Waals surface area contributed by atoms with Gasteiger partial charge >= 0.3 is 13.9 Å². The Kier molecular flexibility index (Phi) is 21.4. The van der Waals surface area contributed by atoms with Crippen LogP contribution >= 0.6 is 7.82 Å². The number of likely N-dealkylation sites (N-methyl/N-ethyl adjacent to an activating group) is 1. The fourth-order valence-corrected chi connectivity index (χ4v) is 13.0. The Hall–Kier alpha value is -1.22. The molecule has 0 saturated heterocycles. The maximum atomic E-state index is 13.5. The topological polar surface area (TPSA) is 114 Å². The van der Waals surface area contributed by atoms with E-state index >= 15 is 0 Å². The highest BCUT2D eigenvalue weighted by molar-refractivity contribution is 7.47. The maximum absolute atomic E-state index is 13.5. The van der Waals surface area contributed by atoms with E-state index in [1.807, 2.05) is 27.2 Å². The minimum absolute atomic E-state index is 0.0369. The highest BCUT2D eigenvalue weighted by Crippen LogP contribution is 2.67. The highest BCUT2D eigenvalue weighted by atomic mass is 31.2. The summed E-state index contributed by atoms with van der Waals surface area (Å²) in [6.07, 6.45) is 32.0. The van der Waals surface area contributed by atoms with Gasteiger partial charge in [0.05, 0.1) is 39.9 Å². The van der Waals surface area contributed by atoms with Gasteiger partial charge in [-0.3, -0.25) is 9.05 Å². The number of aliphatic hydroxyl groups is 1. The Morgan fingerprint density at radius 1 is 0.902 bits per heavy atom. The molecule has 1 amide bonds. The number of phosphoric ester groups is 1. The molecule has 0 aromatic carbocycles. The van der Waals surface area contributed by atoms with Gasteiger partial charge in [0.2, 0.25) is 0 Å². The van der Waals surface area contributed by atoms with Crippen molar-refractivity contribution in [3.63, 3.8) is 0 Å². The van der Waals surface area contributed by atoms with Crippen LogP contribution in [0.15, 0.2) is 23.8 Å². The molecule has 61 heavy (non-hydrogen) atoms. The molecule has 3 saturated carbocycles. The van der Waals surface area contributed by atoms with E-state index in [2.05, 4.69) is 52.9 Å². The number of ether oxygens (including phenoxy) is 1. The number of alkyl carbamates (subject to hydrolysis) is 1. The van der Waals surface area contributed by atoms with Gasteiger partial charge in [0.1, 0.15) is 19.3 Å². The first-order valence-electron chi connectivity index (χ1n) is 25.3. The molecule has 0 aromatic rings. The van der Waals surface area contributed by atoms with E-state index in [4.69, 9.17) is 13.8 Å². The molecule has 0 bridgehead atoms. The van der Waals surface area contributed by atoms with Gasteiger partial charge in [-0.05, 0) is 104 Å². The minimum Gasteiger partial charge on any atom is -0.446 e. The monoisotopic (exact) mass is 878 g/mol. The van der Waals surface area contributed by atoms with Crippen LogP contribution in [0.3, 0.4) is 0 Å². The van der Waals surface area contributed by atoms with Crippen LogP contribution in [-0.4, -0.2) is 79.7 Å². The average Bonchev–Trinajstić information content (AvgIpc) is 3.55. The van der Waals surface area contributed by atoms with Gasteiger partial charge in [0.25, 0.3) is 0 Å². The number of hydrogen-bond acceptors (Lipinski definition) is 6. The number of rotatable bonds is 28. The van der Waals surface area contributed by atoms with Crippen molar-refractivity contribution in [3.8, 4) is 0 Å². The number of aliphatic hydroxyl groups excluding tert-OH is 1. The van der Waals surface area contributed by atoms with E-state index in [0.717, 1.165) is 74.5 Å². The van der Waals surface area contributed by atoms with E-state index in [-0.39, 0.29) is 18.1 Å². The van der Waals surface area contributed by atoms with Crippen LogP contribution in [0.2, 0.25) is 0 Å². The molecule has 3 unspecified atom stereocenters. The number of unbranched alkanes of at least 4 members (excludes halogenated alkanes) is 11. The number of hydrogen-bond donors (Lipinski definition) is 3. The number of carbonyl (C=O) groups is 1. The molecule has 4 aliphatic rings. The van der Waals surface area contributed by atoms with Gasteiger partial charge in [0, 0.05) is 6.42 Å². The summed E-state index contributed by atoms with van der Waals surface area (Å²) in [5.41, 5.74) is 2.05. The molecule has 354 valence electrons. The van der Waals surface area contributed by atoms with Gasteiger partial charge < -0.3 is 24.5 Å². The lowest BCUT2D eigenvalue weighted by molar-refractivity contribution is -0.870. The number of phosphoric acid groups is 1. The summed E-state index contributed by atoms with van der Waals surface area (Å²) in [5, 5.41) is 14.0. The van der Waals surface area contributed by atoms with E-state index in [9.17, 15) is 19.4 Å². The fourth-order valence-electron chi connectivity index (χ4n) is 12.3. The van der Waals surface area contributed by atoms with Crippen molar-refractivity contribution < 1.29 is 37.6 Å². The zero-order chi connectivity index (χ0) is 44.7. The molecule has 0 spiro atoms. The number of fused-ring (bicyclic) bond motifs is 5. The molecule has 4 aliphatic carbocycles. The molecule has 3 N–H and O–H groups in total. The zero-order valence-electron chi connectivity index (χ0n) is 40.6. The van der Waals surface area contributed by atoms with Crippen LogP contribution in [0.5, 0.6) is 0 Å². The van der Waals surface area contributed by atoms with Crippen LogP contribution in [0.25, 0.3) is 0 Å². The second kappa shape index (κ2) is 24.9. The normalized spacial score (nSPS) is 30.2. The van der Waals surface area contributed by atoms with Crippen LogP contribution in [0.1, 0.15) is 189 Å². The second-order valence-corrected chi connectivity index (χ2v) is 23.6. The fraction of sp³-hybridized carbons (Fsp3) is 0.902. The smallest absolute Gasteiger partial charge is 0.446 e. The Balaban J connectivity index is 1.30. The summed E-state index contributed by atoms with van der Waals surface area (Å²) in [6, 6.07) is -0.989. The van der Waals surface area contributed by atoms with Crippen molar-refractivity contribution in [2.75, 3.05) is 40.9 Å². The molecular formula is C51H94N2O7P+. The van der Waals surface area contributed by atoms with Crippen LogP contribution < -0.4 is 5.32 Å². The number of allylic oxidation sites excluding steroid dienone is 2. The molecular weight excluding hydrogens is 784 g/mol. The SMILES string of the molecule is CCCCCCCCCCCCC/C=C/C(O)C(COP(=O)(O)OCC[N+](C)(C)C)NC(=O)O[C@H]1CC[C@@]2(C)C(=CC[C@H]3[C@@H]4CC[C@H]([C@H](C)CCCC(C)C)[C@@]4(C)CC[C@@H]32)C1. The third-order valence-electron chi connectivity index (χ3n) is 16.0. The van der Waals surface area contributed by atoms with Crippen LogP contribution in [-0.2, 0) is 18.3 Å². The molecule has 0 aliphatic heterocycles. The summed E-state index contributed by atoms with van der Waals surface area (Å²) < 4.78 is 30.1. The first-order valence-corrected chi connectivity index (χ1v) is 26.8. The lowest BCUT2D eigenvalue weighted by Gasteiger charge is -2.58. The largest absolute Gasteiger partial charge is 0.472 e. The highest BCUT2D eigenvalue weighted by Gasteiger charge is 2.59. The predicted molar refractivity (Wildman–Crippen MR) is 251 cm³/mol. The molecule has 0 aromatic heterocycles. The number of carbonyl (C=O) groups excluding carboxylic acids is 1. The minimum atomic E-state index is -4.42. The van der Waals surface area contributed by atoms with E-state index < -0.39 is 32.7 Å². The van der Waals surface area contributed by atoms with Crippen LogP contribution in [0.4, 0.5) is 4.79 Å². The van der Waals surface area contributed by atoms with Crippen molar-refractivity contribution >= 4 is 13.9 Å². The Labute approximate surface area is 374 Å². The molecule has 4 rings (SSSR count). The number of amides is 1. The number of nitrogens with zero attached hydrogens (tertiary/aromatic N) is 1. The third-order valence-corrected chi connectivity index (χ3v) is 17.0. The molecule has 0 heterocycles. The predicted octanol–water partition coefficient (Wildman–Crippen LogP) is 12.9. The molecule has 3 fully saturated rings. The standard InChI is InChI=1S/C51H93N2O7P/c1-10-11-12-13-14-15-16-17-18-19-20-21-22-26-48(54)47(38-59-61(56,57)58-36-35-53(7,8)9)52-49(55)60-42-31-33-50(5)41(37-42)27-28-43-45-30-29-44(40(4)25-23-24-39(2)3)51(45,6)34-32-46(43)50/h22,26-27,39-40,42-48,54H,10-21,23-25,28-38H2,1-9H3,(H-,52,55,56,57)/p+1/b26-22+/t40-,42+,43+,44-,45+,46+,47?,48?,50+,51-/m1/s1. The molecule has 0 radical (unpaired) electrons. The van der Waals surface area contributed by atoms with Gasteiger partial charge in [-0.25, -0.2) is 9.36 Å². The van der Waals surface area contributed by atoms with Gasteiger partial charge in [0.15, 0.2) is 0 Å². The summed E-state index contributed by atoms with van der Waals surface area (Å²) in [7, 11) is 1.49. The first kappa shape index (κ1) is 52.4. The molecule has 10 heteroatoms. The zero-order valence-corrected chi connectivity index (χ0v) is 41.5. The number of quaternary nitrogens is 1. The van der Waals surface area contributed by atoms with Gasteiger partial charge in [-0.1, -0.05) is 149 Å².